The number of β-amino-alcohol motifs (C(OH)–C–C–N with tert-alkyl or cyclic N) is 1. The minimum atomic E-state index is -0.572. The highest BCUT2D eigenvalue weighted by Gasteiger charge is 2.28. The first-order chi connectivity index (χ1) is 18.2. The molecule has 0 amide bonds. The summed E-state index contributed by atoms with van der Waals surface area (Å²) in [6.07, 6.45) is 5.79. The Morgan fingerprint density at radius 2 is 1.46 bits per heavy atom. The van der Waals surface area contributed by atoms with E-state index in [1.807, 2.05) is 36.4 Å². The van der Waals surface area contributed by atoms with Crippen LogP contribution in [0.2, 0.25) is 0 Å². The fourth-order valence-corrected chi connectivity index (χ4v) is 5.38. The van der Waals surface area contributed by atoms with Crippen LogP contribution in [0.25, 0.3) is 23.1 Å². The van der Waals surface area contributed by atoms with Crippen LogP contribution in [-0.2, 0) is 4.74 Å². The van der Waals surface area contributed by atoms with Crippen molar-refractivity contribution in [3.05, 3.63) is 107 Å². The zero-order valence-electron chi connectivity index (χ0n) is 20.9. The van der Waals surface area contributed by atoms with Crippen LogP contribution in [0, 0.1) is 0 Å². The van der Waals surface area contributed by atoms with Crippen molar-refractivity contribution < 1.29 is 14.6 Å². The number of nitrogens with zero attached hydrogens (tertiary/aromatic N) is 2. The van der Waals surface area contributed by atoms with E-state index >= 15 is 0 Å². The number of piperidine rings is 1. The molecule has 1 atom stereocenters. The van der Waals surface area contributed by atoms with Gasteiger partial charge in [0, 0.05) is 31.1 Å². The van der Waals surface area contributed by atoms with E-state index in [0.29, 0.717) is 12.4 Å². The smallest absolute Gasteiger partial charge is 0.213 e. The molecule has 0 spiro atoms. The van der Waals surface area contributed by atoms with Gasteiger partial charge in [-0.25, -0.2) is 4.98 Å². The number of hydrogen-bond acceptors (Lipinski definition) is 5. The van der Waals surface area contributed by atoms with E-state index in [9.17, 15) is 5.11 Å². The largest absolute Gasteiger partial charge is 0.475 e. The van der Waals surface area contributed by atoms with Crippen molar-refractivity contribution in [2.24, 2.45) is 0 Å². The molecule has 37 heavy (non-hydrogen) atoms. The molecule has 6 rings (SSSR count). The minimum absolute atomic E-state index is 0.0765. The maximum Gasteiger partial charge on any atom is 0.213 e. The second-order valence-corrected chi connectivity index (χ2v) is 9.91. The first-order valence-corrected chi connectivity index (χ1v) is 13.1. The summed E-state index contributed by atoms with van der Waals surface area (Å²) >= 11 is 0. The summed E-state index contributed by atoms with van der Waals surface area (Å²) in [4.78, 5) is 6.83. The van der Waals surface area contributed by atoms with E-state index in [-0.39, 0.29) is 18.8 Å². The number of ether oxygens (including phenoxy) is 2. The van der Waals surface area contributed by atoms with Crippen molar-refractivity contribution in [1.29, 1.82) is 0 Å². The molecule has 1 aromatic heterocycles. The zero-order valence-corrected chi connectivity index (χ0v) is 20.9. The summed E-state index contributed by atoms with van der Waals surface area (Å²) < 4.78 is 12.6. The van der Waals surface area contributed by atoms with Crippen LogP contribution in [0.15, 0.2) is 84.9 Å². The summed E-state index contributed by atoms with van der Waals surface area (Å²) in [6, 6.07) is 28.8. The first-order valence-electron chi connectivity index (χ1n) is 13.1. The van der Waals surface area contributed by atoms with Crippen LogP contribution < -0.4 is 4.74 Å². The van der Waals surface area contributed by atoms with E-state index in [0.717, 1.165) is 36.8 Å². The number of aliphatic hydroxyl groups is 1. The highest BCUT2D eigenvalue weighted by Crippen LogP contribution is 2.37. The van der Waals surface area contributed by atoms with Gasteiger partial charge in [0.15, 0.2) is 0 Å². The van der Waals surface area contributed by atoms with Gasteiger partial charge in [-0.3, -0.25) is 0 Å². The Balaban J connectivity index is 1.04. The molecule has 1 N–H and O–H groups in total. The molecule has 1 aliphatic heterocycles. The van der Waals surface area contributed by atoms with Crippen LogP contribution in [-0.4, -0.2) is 53.4 Å². The highest BCUT2D eigenvalue weighted by atomic mass is 16.5. The van der Waals surface area contributed by atoms with E-state index in [4.69, 9.17) is 9.47 Å². The molecule has 3 aromatic carbocycles. The van der Waals surface area contributed by atoms with Gasteiger partial charge in [-0.15, -0.1) is 0 Å². The molecular weight excluding hydrogens is 460 g/mol. The molecule has 1 unspecified atom stereocenters. The Morgan fingerprint density at radius 1 is 0.811 bits per heavy atom. The molecule has 0 bridgehead atoms. The molecule has 5 heteroatoms. The monoisotopic (exact) mass is 492 g/mol. The van der Waals surface area contributed by atoms with Crippen molar-refractivity contribution in [3.63, 3.8) is 0 Å². The number of fused-ring (bicyclic) bond motifs is 3. The third-order valence-corrected chi connectivity index (χ3v) is 7.33. The van der Waals surface area contributed by atoms with E-state index < -0.39 is 6.10 Å². The Morgan fingerprint density at radius 3 is 2.19 bits per heavy atom. The fraction of sp³-hybridized carbons (Fsp3) is 0.281. The van der Waals surface area contributed by atoms with Crippen LogP contribution in [0.5, 0.6) is 5.88 Å². The van der Waals surface area contributed by atoms with Gasteiger partial charge in [-0.2, -0.15) is 0 Å². The number of rotatable bonds is 7. The average molecular weight is 493 g/mol. The van der Waals surface area contributed by atoms with Crippen molar-refractivity contribution in [2.45, 2.75) is 31.2 Å². The number of para-hydroxylation sites is 1. The van der Waals surface area contributed by atoms with E-state index in [1.165, 1.54) is 22.3 Å². The van der Waals surface area contributed by atoms with Crippen LogP contribution in [0.4, 0.5) is 0 Å². The van der Waals surface area contributed by atoms with Crippen molar-refractivity contribution in [3.8, 4) is 5.88 Å². The molecule has 188 valence electrons. The van der Waals surface area contributed by atoms with Gasteiger partial charge in [-0.1, -0.05) is 78.9 Å². The average Bonchev–Trinajstić information content (AvgIpc) is 3.10. The van der Waals surface area contributed by atoms with Crippen molar-refractivity contribution in [2.75, 3.05) is 26.2 Å². The summed E-state index contributed by atoms with van der Waals surface area (Å²) in [5.41, 5.74) is 5.77. The number of likely N-dealkylation sites (tertiary alicyclic amines) is 1. The maximum atomic E-state index is 10.6. The third-order valence-electron chi connectivity index (χ3n) is 7.33. The Kier molecular flexibility index (Phi) is 7.00. The summed E-state index contributed by atoms with van der Waals surface area (Å²) in [6.45, 7) is 2.60. The predicted molar refractivity (Wildman–Crippen MR) is 147 cm³/mol. The number of aromatic nitrogens is 1. The van der Waals surface area contributed by atoms with Crippen LogP contribution >= 0.6 is 0 Å². The number of aliphatic hydroxyl groups excluding tert-OH is 1. The Hall–Kier alpha value is -3.51. The first kappa shape index (κ1) is 23.9. The third kappa shape index (κ3) is 5.44. The summed E-state index contributed by atoms with van der Waals surface area (Å²) in [5, 5.41) is 11.7. The molecule has 1 fully saturated rings. The van der Waals surface area contributed by atoms with Gasteiger partial charge in [-0.05, 0) is 47.2 Å². The van der Waals surface area contributed by atoms with Gasteiger partial charge in [0.25, 0.3) is 0 Å². The topological polar surface area (TPSA) is 54.8 Å². The lowest BCUT2D eigenvalue weighted by Gasteiger charge is -2.35. The predicted octanol–water partition coefficient (Wildman–Crippen LogP) is 5.73. The molecule has 0 saturated carbocycles. The molecule has 2 aliphatic rings. The van der Waals surface area contributed by atoms with Crippen molar-refractivity contribution in [1.82, 2.24) is 9.88 Å². The number of hydrogen-bond donors (Lipinski definition) is 1. The quantitative estimate of drug-likeness (QED) is 0.357. The highest BCUT2D eigenvalue weighted by molar-refractivity contribution is 5.79. The van der Waals surface area contributed by atoms with Gasteiger partial charge >= 0.3 is 0 Å². The summed E-state index contributed by atoms with van der Waals surface area (Å²) in [5.74, 6) is 0.545. The molecular formula is C32H32N2O3. The fourth-order valence-electron chi connectivity index (χ4n) is 5.38. The second kappa shape index (κ2) is 10.9. The zero-order chi connectivity index (χ0) is 25.0. The SMILES string of the molecule is OC(COc1ccc2ccccc2n1)CN1CCC(OC2c3ccccc3C=Cc3ccccc32)CC1. The lowest BCUT2D eigenvalue weighted by molar-refractivity contribution is -0.0347. The molecule has 0 radical (unpaired) electrons. The molecule has 2 heterocycles. The van der Waals surface area contributed by atoms with E-state index in [1.54, 1.807) is 0 Å². The molecule has 1 saturated heterocycles. The lowest BCUT2D eigenvalue weighted by Crippen LogP contribution is -2.42. The van der Waals surface area contributed by atoms with Gasteiger partial charge in [0.05, 0.1) is 11.6 Å². The number of benzene rings is 3. The van der Waals surface area contributed by atoms with E-state index in [2.05, 4.69) is 70.6 Å². The number of pyridine rings is 1. The van der Waals surface area contributed by atoms with Gasteiger partial charge in [0.2, 0.25) is 5.88 Å². The molecule has 5 nitrogen and oxygen atoms in total. The minimum Gasteiger partial charge on any atom is -0.475 e. The summed E-state index contributed by atoms with van der Waals surface area (Å²) in [7, 11) is 0. The second-order valence-electron chi connectivity index (χ2n) is 9.91. The molecule has 1 aliphatic carbocycles. The standard InChI is InChI=1S/C32H32N2O3/c35-26(22-36-31-16-15-25-9-3-6-12-30(25)33-31)21-34-19-17-27(18-20-34)37-32-28-10-4-1-7-23(28)13-14-24-8-2-5-11-29(24)32/h1-16,26-27,32,35H,17-22H2. The van der Waals surface area contributed by atoms with Crippen LogP contribution in [0.1, 0.15) is 41.2 Å². The normalized spacial score (nSPS) is 17.2. The maximum absolute atomic E-state index is 10.6. The van der Waals surface area contributed by atoms with Crippen molar-refractivity contribution >= 4 is 23.1 Å². The molecule has 4 aromatic rings. The van der Waals surface area contributed by atoms with Gasteiger partial charge < -0.3 is 19.5 Å². The Bertz CT molecular complexity index is 1340. The van der Waals surface area contributed by atoms with Crippen LogP contribution in [0.3, 0.4) is 0 Å². The van der Waals surface area contributed by atoms with Gasteiger partial charge in [0.1, 0.15) is 18.8 Å². The lowest BCUT2D eigenvalue weighted by atomic mass is 9.95. The Labute approximate surface area is 218 Å².